The highest BCUT2D eigenvalue weighted by Crippen LogP contribution is 2.23. The van der Waals surface area contributed by atoms with Gasteiger partial charge in [0.15, 0.2) is 0 Å². The number of carboxylic acid groups (broad SMARTS) is 1. The number of carbonyl (C=O) groups excluding carboxylic acids is 10. The molecule has 34 heteroatoms. The molecule has 34 nitrogen and oxygen atoms in total. The second-order valence-corrected chi connectivity index (χ2v) is 34.2. The summed E-state index contributed by atoms with van der Waals surface area (Å²) in [5.74, 6) is -2.63. The van der Waals surface area contributed by atoms with Crippen LogP contribution in [0.15, 0.2) is 152 Å². The number of nitrogens with two attached hydrogens (primary N) is 1. The van der Waals surface area contributed by atoms with Crippen molar-refractivity contribution in [3.63, 3.8) is 0 Å². The first-order valence-corrected chi connectivity index (χ1v) is 42.2. The fourth-order valence-electron chi connectivity index (χ4n) is 12.8. The van der Waals surface area contributed by atoms with Gasteiger partial charge in [-0.05, 0) is 139 Å². The number of piperazine rings is 5. The van der Waals surface area contributed by atoms with Gasteiger partial charge in [0.1, 0.15) is 91.9 Å². The zero-order valence-electron chi connectivity index (χ0n) is 75.8. The van der Waals surface area contributed by atoms with Crippen LogP contribution >= 0.6 is 0 Å². The molecule has 0 bridgehead atoms. The standard InChI is InChI=1S/C20H31N3O4.C19H29N3O4.C18H26N2O4.C17H24N2O4.C14H18N2O4.C3H7NO/c1-20(2,3)27-18(24)17-14-22(11-10-21-4)12-13-23(17)19(25)26-15-16-8-6-5-7-9-16;1-19(2,3)26-17(23)16-13-21(10-9-20)11-12-22(16)18(24)25-14-15-7-5-4-6-8-15;1-18(2,3)24-16(21)15-12-19(4)10-11-20(15)17(22)23-13-14-8-6-5-7-9-14;1-17(2,3)23-15(20)14-11-18-9-10-19(14)16(21)22-12-13-7-5-4-6-8-13;1-15-7-8-16(12(9-15)13(17)18)14(19)20-10-11-5-3-2-4-6-11;1-4-2-3-5/h5-9,17,21H,10-15H2,1-4H3;4-8,16H,9-14,20H2,1-3H3;5-9,15H,10-13H2,1-4H3;4-8,14,18H,9-12H2,1-3H3;2-6,12H,7-10H2,1H3,(H,17,18);3-4H,2H2,1H3. The molecule has 5 heterocycles. The lowest BCUT2D eigenvalue weighted by atomic mass is 10.1. The maximum atomic E-state index is 12.7. The first-order valence-electron chi connectivity index (χ1n) is 42.2. The van der Waals surface area contributed by atoms with Crippen LogP contribution in [0.3, 0.4) is 0 Å². The molecule has 125 heavy (non-hydrogen) atoms. The van der Waals surface area contributed by atoms with Gasteiger partial charge in [0.05, 0.1) is 6.54 Å². The molecule has 5 aliphatic rings. The highest BCUT2D eigenvalue weighted by atomic mass is 16.6. The first-order chi connectivity index (χ1) is 59.2. The Hall–Kier alpha value is -10.8. The molecule has 5 amide bonds. The highest BCUT2D eigenvalue weighted by molar-refractivity contribution is 5.85. The van der Waals surface area contributed by atoms with Crippen molar-refractivity contribution in [3.05, 3.63) is 179 Å². The predicted octanol–water partition coefficient (Wildman–Crippen LogP) is 8.13. The van der Waals surface area contributed by atoms with Gasteiger partial charge in [-0.25, -0.2) is 47.9 Å². The van der Waals surface area contributed by atoms with E-state index in [4.69, 9.17) is 48.4 Å². The van der Waals surface area contributed by atoms with E-state index in [1.165, 1.54) is 24.5 Å². The molecule has 6 N–H and O–H groups in total. The maximum Gasteiger partial charge on any atom is 0.410 e. The Kier molecular flexibility index (Phi) is 44.8. The first kappa shape index (κ1) is 105. The zero-order chi connectivity index (χ0) is 92.3. The van der Waals surface area contributed by atoms with Crippen molar-refractivity contribution >= 4 is 66.6 Å². The van der Waals surface area contributed by atoms with Crippen molar-refractivity contribution in [2.24, 2.45) is 5.73 Å². The average molecular weight is 1750 g/mol. The number of carbonyl (C=O) groups is 11. The summed E-state index contributed by atoms with van der Waals surface area (Å²) in [6, 6.07) is 43.7. The molecule has 10 rings (SSSR count). The van der Waals surface area contributed by atoms with Crippen molar-refractivity contribution in [1.29, 1.82) is 0 Å². The van der Waals surface area contributed by atoms with E-state index in [0.29, 0.717) is 118 Å². The molecule has 5 fully saturated rings. The van der Waals surface area contributed by atoms with Crippen LogP contribution in [0.4, 0.5) is 24.0 Å². The van der Waals surface area contributed by atoms with E-state index >= 15 is 0 Å². The van der Waals surface area contributed by atoms with Crippen LogP contribution < -0.4 is 21.7 Å². The number of aliphatic carboxylic acids is 1. The molecule has 0 radical (unpaired) electrons. The van der Waals surface area contributed by atoms with E-state index in [2.05, 4.69) is 25.8 Å². The van der Waals surface area contributed by atoms with Crippen LogP contribution in [0.1, 0.15) is 111 Å². The monoisotopic (exact) mass is 1750 g/mol. The van der Waals surface area contributed by atoms with Gasteiger partial charge in [-0.2, -0.15) is 0 Å². The van der Waals surface area contributed by atoms with Crippen LogP contribution in [-0.2, 0) is 104 Å². The number of benzene rings is 5. The largest absolute Gasteiger partial charge is 0.480 e. The summed E-state index contributed by atoms with van der Waals surface area (Å²) in [5, 5.41) is 18.1. The number of nitrogens with one attached hydrogen (secondary N) is 3. The molecule has 5 aromatic rings. The van der Waals surface area contributed by atoms with E-state index in [0.717, 1.165) is 47.2 Å². The van der Waals surface area contributed by atoms with Gasteiger partial charge >= 0.3 is 60.3 Å². The molecule has 5 aromatic carbocycles. The van der Waals surface area contributed by atoms with Gasteiger partial charge in [0.25, 0.3) is 0 Å². The zero-order valence-corrected chi connectivity index (χ0v) is 75.8. The van der Waals surface area contributed by atoms with Gasteiger partial charge in [-0.15, -0.1) is 0 Å². The van der Waals surface area contributed by atoms with Gasteiger partial charge in [0.2, 0.25) is 0 Å². The van der Waals surface area contributed by atoms with Gasteiger partial charge in [-0.3, -0.25) is 34.3 Å². The molecular formula is C91H135N13O21. The number of nitrogens with zero attached hydrogens (tertiary/aromatic N) is 9. The van der Waals surface area contributed by atoms with E-state index in [1.54, 1.807) is 27.8 Å². The summed E-state index contributed by atoms with van der Waals surface area (Å²) in [5.41, 5.74) is 7.72. The summed E-state index contributed by atoms with van der Waals surface area (Å²) in [7, 11) is 7.38. The summed E-state index contributed by atoms with van der Waals surface area (Å²) in [4.78, 5) is 148. The second-order valence-electron chi connectivity index (χ2n) is 34.2. The molecule has 690 valence electrons. The molecule has 0 aliphatic carbocycles. The molecule has 5 unspecified atom stereocenters. The summed E-state index contributed by atoms with van der Waals surface area (Å²) in [6.07, 6.45) is -1.72. The Bertz CT molecular complexity index is 4080. The smallest absolute Gasteiger partial charge is 0.410 e. The van der Waals surface area contributed by atoms with Crippen LogP contribution in [0.2, 0.25) is 0 Å². The maximum absolute atomic E-state index is 12.7. The summed E-state index contributed by atoms with van der Waals surface area (Å²) < 4.78 is 48.6. The third-order valence-corrected chi connectivity index (χ3v) is 18.9. The molecule has 0 spiro atoms. The van der Waals surface area contributed by atoms with Gasteiger partial charge in [-0.1, -0.05) is 152 Å². The minimum absolute atomic E-state index is 0.151. The molecular weight excluding hydrogens is 1610 g/mol. The van der Waals surface area contributed by atoms with Gasteiger partial charge in [0, 0.05) is 124 Å². The van der Waals surface area contributed by atoms with Gasteiger partial charge < -0.3 is 84.0 Å². The molecule has 0 aromatic heterocycles. The van der Waals surface area contributed by atoms with E-state index in [1.807, 2.05) is 245 Å². The SMILES string of the molecule is CC(C)(C)OC(=O)C1CN(CCN)CCN1C(=O)OCc1ccccc1.CC(C)(C)OC(=O)C1CNCCN1C(=O)OCc1ccccc1.CN1CCN(C(=O)OCc2ccccc2)C(C(=O)O)C1.CN1CCN(C(=O)OCc2ccccc2)C(C(=O)OC(C)(C)C)C1.CNCC=O.CNCCN1CCN(C(=O)OCc2ccccc2)C(C(=O)OC(C)(C)C)C1. The van der Waals surface area contributed by atoms with E-state index in [-0.39, 0.29) is 33.0 Å². The number of carboxylic acids is 1. The Balaban J connectivity index is 0.000000274. The molecule has 5 saturated heterocycles. The second kappa shape index (κ2) is 53.5. The third kappa shape index (κ3) is 40.3. The Morgan fingerprint density at radius 1 is 0.384 bits per heavy atom. The normalized spacial score (nSPS) is 18.2. The minimum atomic E-state index is -1.01. The van der Waals surface area contributed by atoms with Crippen molar-refractivity contribution in [1.82, 2.24) is 60.0 Å². The summed E-state index contributed by atoms with van der Waals surface area (Å²) in [6.45, 7) is 33.2. The number of aldehydes is 1. The van der Waals surface area contributed by atoms with Crippen LogP contribution in [0.25, 0.3) is 0 Å². The molecule has 5 atom stereocenters. The number of esters is 4. The minimum Gasteiger partial charge on any atom is -0.480 e. The Labute approximate surface area is 736 Å². The number of likely N-dealkylation sites (N-methyl/N-ethyl adjacent to an activating group) is 4. The number of hydrogen-bond acceptors (Lipinski definition) is 28. The number of rotatable bonds is 22. The van der Waals surface area contributed by atoms with Crippen molar-refractivity contribution < 1.29 is 100 Å². The fourth-order valence-corrected chi connectivity index (χ4v) is 12.8. The van der Waals surface area contributed by atoms with Crippen LogP contribution in [0, 0.1) is 0 Å². The third-order valence-electron chi connectivity index (χ3n) is 18.9. The van der Waals surface area contributed by atoms with E-state index < -0.39 is 113 Å². The average Bonchev–Trinajstić information content (AvgIpc) is 0.876. The lowest BCUT2D eigenvalue weighted by Gasteiger charge is -2.40. The van der Waals surface area contributed by atoms with Crippen molar-refractivity contribution in [2.45, 2.75) is 169 Å². The molecule has 5 aliphatic heterocycles. The number of hydrogen-bond donors (Lipinski definition) is 5. The number of amides is 5. The van der Waals surface area contributed by atoms with Crippen molar-refractivity contribution in [2.75, 3.05) is 159 Å². The fraction of sp³-hybridized carbons (Fsp3) is 0.549. The van der Waals surface area contributed by atoms with E-state index in [9.17, 15) is 57.8 Å². The summed E-state index contributed by atoms with van der Waals surface area (Å²) >= 11 is 0. The highest BCUT2D eigenvalue weighted by Gasteiger charge is 2.43. The lowest BCUT2D eigenvalue weighted by molar-refractivity contribution is -0.164. The topological polar surface area (TPSA) is 382 Å². The van der Waals surface area contributed by atoms with Crippen molar-refractivity contribution in [3.8, 4) is 0 Å². The Morgan fingerprint density at radius 2 is 0.656 bits per heavy atom. The quantitative estimate of drug-likeness (QED) is 0.0248. The lowest BCUT2D eigenvalue weighted by Crippen LogP contribution is -2.59. The van der Waals surface area contributed by atoms with Crippen LogP contribution in [0.5, 0.6) is 0 Å². The van der Waals surface area contributed by atoms with Crippen LogP contribution in [-0.4, -0.2) is 328 Å². The number of ether oxygens (including phenoxy) is 9. The Morgan fingerprint density at radius 3 is 0.928 bits per heavy atom. The predicted molar refractivity (Wildman–Crippen MR) is 470 cm³/mol. The molecule has 0 saturated carbocycles.